The zero-order chi connectivity index (χ0) is 23.1. The van der Waals surface area contributed by atoms with E-state index in [1.807, 2.05) is 36.1 Å². The fraction of sp³-hybridized carbons (Fsp3) is 0.478. The molecule has 3 N–H and O–H groups in total. The van der Waals surface area contributed by atoms with E-state index in [1.165, 1.54) is 0 Å². The molecule has 2 heterocycles. The molecule has 3 rings (SSSR count). The summed E-state index contributed by atoms with van der Waals surface area (Å²) >= 11 is 0. The van der Waals surface area contributed by atoms with Gasteiger partial charge in [-0.2, -0.15) is 5.26 Å². The molecule has 2 saturated heterocycles. The van der Waals surface area contributed by atoms with Gasteiger partial charge < -0.3 is 15.5 Å². The number of para-hydroxylation sites is 1. The number of carbonyl (C=O) groups excluding carboxylic acids is 2. The van der Waals surface area contributed by atoms with Crippen LogP contribution in [0.4, 0.5) is 5.69 Å². The zero-order valence-electron chi connectivity index (χ0n) is 18.2. The number of nitrogens with one attached hydrogen (secondary N) is 1. The summed E-state index contributed by atoms with van der Waals surface area (Å²) in [5.74, 6) is 0.398. The molecule has 0 spiro atoms. The Hall–Kier alpha value is -3.52. The number of rotatable bonds is 3. The van der Waals surface area contributed by atoms with E-state index in [9.17, 15) is 9.59 Å². The van der Waals surface area contributed by atoms with Gasteiger partial charge in [-0.1, -0.05) is 24.6 Å². The summed E-state index contributed by atoms with van der Waals surface area (Å²) in [4.78, 5) is 31.3. The maximum absolute atomic E-state index is 11.9. The van der Waals surface area contributed by atoms with Gasteiger partial charge in [-0.15, -0.1) is 12.8 Å². The largest absolute Gasteiger partial charge is 0.369 e. The molecule has 8 nitrogen and oxygen atoms in total. The molecule has 166 valence electrons. The van der Waals surface area contributed by atoms with Crippen molar-refractivity contribution in [3.05, 3.63) is 29.8 Å². The number of terminal acetylenes is 1. The Morgan fingerprint density at radius 2 is 1.81 bits per heavy atom. The van der Waals surface area contributed by atoms with E-state index in [0.29, 0.717) is 13.0 Å². The average Bonchev–Trinajstić information content (AvgIpc) is 3.24. The fourth-order valence-corrected chi connectivity index (χ4v) is 3.34. The Morgan fingerprint density at radius 1 is 1.16 bits per heavy atom. The van der Waals surface area contributed by atoms with Crippen LogP contribution in [0.2, 0.25) is 0 Å². The fourth-order valence-electron chi connectivity index (χ4n) is 3.34. The number of hydrogen-bond acceptors (Lipinski definition) is 4. The second kappa shape index (κ2) is 14.5. The first kappa shape index (κ1) is 25.5. The van der Waals surface area contributed by atoms with Gasteiger partial charge >= 0.3 is 0 Å². The zero-order valence-corrected chi connectivity index (χ0v) is 18.2. The number of nitriles is 1. The highest BCUT2D eigenvalue weighted by molar-refractivity contribution is 5.85. The summed E-state index contributed by atoms with van der Waals surface area (Å²) in [6, 6.07) is 7.55. The minimum atomic E-state index is 0.108. The Kier molecular flexibility index (Phi) is 11.9. The van der Waals surface area contributed by atoms with Crippen LogP contribution in [-0.2, 0) is 9.59 Å². The summed E-state index contributed by atoms with van der Waals surface area (Å²) in [6.07, 6.45) is 15.7. The number of aryl methyl sites for hydroxylation is 1. The molecule has 2 amide bonds. The Labute approximate surface area is 185 Å². The van der Waals surface area contributed by atoms with Crippen LogP contribution in [0.3, 0.4) is 0 Å². The molecule has 8 heteroatoms. The summed E-state index contributed by atoms with van der Waals surface area (Å²) in [5, 5.41) is 10.5. The smallest absolute Gasteiger partial charge is 0.242 e. The van der Waals surface area contributed by atoms with Gasteiger partial charge in [0, 0.05) is 26.1 Å². The molecule has 1 aromatic rings. The molecular weight excluding hydrogens is 392 g/mol. The van der Waals surface area contributed by atoms with Crippen LogP contribution >= 0.6 is 0 Å². The van der Waals surface area contributed by atoms with Crippen molar-refractivity contribution >= 4 is 23.5 Å². The highest BCUT2D eigenvalue weighted by atomic mass is 16.2. The number of aliphatic imine (C=N–C) groups is 1. The first-order valence-electron chi connectivity index (χ1n) is 10.4. The van der Waals surface area contributed by atoms with Crippen molar-refractivity contribution in [1.82, 2.24) is 15.1 Å². The van der Waals surface area contributed by atoms with Gasteiger partial charge in [0.2, 0.25) is 17.8 Å². The Bertz CT molecular complexity index is 806. The standard InChI is InChI=1S/C12H20N2O2.C9H10N4.C2H2/c15-11-6-2-1-3-9-14(11)10-12(16)13-7-4-5-8-13;1-7-4-2-3-5-8(7)13-9(11)12-6-10;1-2/h1-10H2;2-5H,1H3,(H3,11,12,13);1-2H. The van der Waals surface area contributed by atoms with Gasteiger partial charge in [-0.25, -0.2) is 4.99 Å². The Balaban J connectivity index is 0.000000293. The molecule has 2 aliphatic rings. The third-order valence-corrected chi connectivity index (χ3v) is 5.00. The van der Waals surface area contributed by atoms with Gasteiger partial charge in [-0.3, -0.25) is 14.9 Å². The first-order chi connectivity index (χ1) is 15.0. The minimum absolute atomic E-state index is 0.108. The van der Waals surface area contributed by atoms with Gasteiger partial charge in [-0.05, 0) is 44.2 Å². The van der Waals surface area contributed by atoms with E-state index in [1.54, 1.807) is 11.1 Å². The highest BCUT2D eigenvalue weighted by Crippen LogP contribution is 2.16. The van der Waals surface area contributed by atoms with E-state index < -0.39 is 0 Å². The molecule has 31 heavy (non-hydrogen) atoms. The van der Waals surface area contributed by atoms with Crippen LogP contribution in [0.1, 0.15) is 44.1 Å². The third-order valence-electron chi connectivity index (χ3n) is 5.00. The lowest BCUT2D eigenvalue weighted by atomic mass is 10.2. The molecule has 0 bridgehead atoms. The molecule has 0 unspecified atom stereocenters. The number of amides is 2. The van der Waals surface area contributed by atoms with Crippen molar-refractivity contribution in [3.8, 4) is 19.0 Å². The summed E-state index contributed by atoms with van der Waals surface area (Å²) in [6.45, 7) is 4.75. The van der Waals surface area contributed by atoms with E-state index in [0.717, 1.165) is 63.0 Å². The number of hydrogen-bond donors (Lipinski definition) is 2. The van der Waals surface area contributed by atoms with E-state index in [-0.39, 0.29) is 17.8 Å². The maximum Gasteiger partial charge on any atom is 0.242 e. The normalized spacial score (nSPS) is 16.1. The summed E-state index contributed by atoms with van der Waals surface area (Å²) < 4.78 is 0. The monoisotopic (exact) mass is 424 g/mol. The Morgan fingerprint density at radius 3 is 2.45 bits per heavy atom. The second-order valence-corrected chi connectivity index (χ2v) is 7.23. The number of nitrogens with zero attached hydrogens (tertiary/aromatic N) is 4. The van der Waals surface area contributed by atoms with Gasteiger partial charge in [0.1, 0.15) is 0 Å². The van der Waals surface area contributed by atoms with Crippen LogP contribution in [0.5, 0.6) is 0 Å². The van der Waals surface area contributed by atoms with E-state index in [4.69, 9.17) is 11.0 Å². The summed E-state index contributed by atoms with van der Waals surface area (Å²) in [7, 11) is 0. The lowest BCUT2D eigenvalue weighted by Gasteiger charge is -2.23. The van der Waals surface area contributed by atoms with Crippen molar-refractivity contribution in [2.45, 2.75) is 45.4 Å². The second-order valence-electron chi connectivity index (χ2n) is 7.23. The van der Waals surface area contributed by atoms with E-state index in [2.05, 4.69) is 23.2 Å². The predicted molar refractivity (Wildman–Crippen MR) is 122 cm³/mol. The minimum Gasteiger partial charge on any atom is -0.369 e. The predicted octanol–water partition coefficient (Wildman–Crippen LogP) is 2.27. The van der Waals surface area contributed by atoms with Gasteiger partial charge in [0.05, 0.1) is 12.2 Å². The van der Waals surface area contributed by atoms with Crippen LogP contribution in [-0.4, -0.2) is 53.8 Å². The SMILES string of the molecule is C#C.Cc1ccccc1N=C(N)NC#N.O=C(CN1CCCCCC1=O)N1CCCC1. The molecule has 2 aliphatic heterocycles. The van der Waals surface area contributed by atoms with Crippen LogP contribution < -0.4 is 11.1 Å². The van der Waals surface area contributed by atoms with Crippen molar-refractivity contribution in [3.63, 3.8) is 0 Å². The molecule has 2 fully saturated rings. The van der Waals surface area contributed by atoms with Crippen molar-refractivity contribution in [2.24, 2.45) is 10.7 Å². The molecule has 1 aromatic carbocycles. The van der Waals surface area contributed by atoms with Crippen LogP contribution in [0.15, 0.2) is 29.3 Å². The highest BCUT2D eigenvalue weighted by Gasteiger charge is 2.23. The van der Waals surface area contributed by atoms with Crippen molar-refractivity contribution in [1.29, 1.82) is 5.26 Å². The van der Waals surface area contributed by atoms with Crippen LogP contribution in [0, 0.1) is 31.2 Å². The summed E-state index contributed by atoms with van der Waals surface area (Å²) in [5.41, 5.74) is 7.19. The lowest BCUT2D eigenvalue weighted by Crippen LogP contribution is -2.41. The maximum atomic E-state index is 11.9. The van der Waals surface area contributed by atoms with Crippen molar-refractivity contribution in [2.75, 3.05) is 26.2 Å². The molecular formula is C23H32N6O2. The van der Waals surface area contributed by atoms with Crippen molar-refractivity contribution < 1.29 is 9.59 Å². The molecule has 0 saturated carbocycles. The molecule has 0 aromatic heterocycles. The van der Waals surface area contributed by atoms with Crippen LogP contribution in [0.25, 0.3) is 0 Å². The number of carbonyl (C=O) groups is 2. The average molecular weight is 425 g/mol. The number of likely N-dealkylation sites (tertiary alicyclic amines) is 2. The number of nitrogens with two attached hydrogens (primary N) is 1. The molecule has 0 aliphatic carbocycles. The van der Waals surface area contributed by atoms with Gasteiger partial charge in [0.25, 0.3) is 0 Å². The van der Waals surface area contributed by atoms with E-state index >= 15 is 0 Å². The lowest BCUT2D eigenvalue weighted by molar-refractivity contribution is -0.139. The topological polar surface area (TPSA) is 115 Å². The first-order valence-corrected chi connectivity index (χ1v) is 10.4. The molecule has 0 radical (unpaired) electrons. The number of guanidine groups is 1. The quantitative estimate of drug-likeness (QED) is 0.254. The number of benzene rings is 1. The van der Waals surface area contributed by atoms with Gasteiger partial charge in [0.15, 0.2) is 6.19 Å². The molecule has 0 atom stereocenters. The third kappa shape index (κ3) is 9.22.